The highest BCUT2D eigenvalue weighted by atomic mass is 19.1. The summed E-state index contributed by atoms with van der Waals surface area (Å²) in [4.78, 5) is 27.7. The lowest BCUT2D eigenvalue weighted by Gasteiger charge is -2.29. The number of pyridine rings is 1. The summed E-state index contributed by atoms with van der Waals surface area (Å²) in [6.07, 6.45) is -0.675. The Kier molecular flexibility index (Phi) is 6.30. The minimum atomic E-state index is -0.762. The Morgan fingerprint density at radius 3 is 2.41 bits per heavy atom. The van der Waals surface area contributed by atoms with Crippen LogP contribution in [-0.2, 0) is 11.3 Å². The Morgan fingerprint density at radius 2 is 1.81 bits per heavy atom. The number of aromatic nitrogens is 1. The lowest BCUT2D eigenvalue weighted by Crippen LogP contribution is -2.38. The molecule has 2 aromatic carbocycles. The molecule has 0 atom stereocenters. The fourth-order valence-corrected chi connectivity index (χ4v) is 3.65. The van der Waals surface area contributed by atoms with Gasteiger partial charge >= 0.3 is 6.09 Å². The number of anilines is 1. The van der Waals surface area contributed by atoms with Gasteiger partial charge in [0, 0.05) is 35.5 Å². The van der Waals surface area contributed by atoms with Crippen molar-refractivity contribution in [3.63, 3.8) is 0 Å². The van der Waals surface area contributed by atoms with Crippen LogP contribution in [0, 0.1) is 11.7 Å². The summed E-state index contributed by atoms with van der Waals surface area (Å²) < 4.78 is 22.1. The molecule has 1 aromatic heterocycles. The number of nitrogens with zero attached hydrogens (tertiary/aromatic N) is 2. The van der Waals surface area contributed by atoms with Crippen molar-refractivity contribution >= 4 is 22.7 Å². The molecular formula is C25H29FN2O4. The third-order valence-electron chi connectivity index (χ3n) is 4.90. The van der Waals surface area contributed by atoms with Crippen molar-refractivity contribution in [1.29, 1.82) is 0 Å². The number of halogens is 1. The Labute approximate surface area is 186 Å². The first-order chi connectivity index (χ1) is 14.9. The molecule has 0 bridgehead atoms. The first kappa shape index (κ1) is 23.3. The lowest BCUT2D eigenvalue weighted by atomic mass is 9.97. The quantitative estimate of drug-likeness (QED) is 0.578. The van der Waals surface area contributed by atoms with Crippen LogP contribution in [0.4, 0.5) is 15.0 Å². The molecule has 1 heterocycles. The summed E-state index contributed by atoms with van der Waals surface area (Å²) in [7, 11) is 1.50. The molecule has 0 spiro atoms. The number of aromatic hydroxyl groups is 1. The Balaban J connectivity index is 2.48. The maximum absolute atomic E-state index is 15.0. The monoisotopic (exact) mass is 440 g/mol. The van der Waals surface area contributed by atoms with E-state index in [-0.39, 0.29) is 28.6 Å². The number of carbonyl (C=O) groups excluding carboxylic acids is 1. The van der Waals surface area contributed by atoms with Crippen LogP contribution in [-0.4, -0.2) is 28.4 Å². The summed E-state index contributed by atoms with van der Waals surface area (Å²) in [5, 5.41) is 10.8. The Morgan fingerprint density at radius 1 is 1.16 bits per heavy atom. The zero-order valence-electron chi connectivity index (χ0n) is 19.3. The van der Waals surface area contributed by atoms with Crippen LogP contribution in [0.15, 0.2) is 47.3 Å². The SMILES string of the molecule is CC(C)Cn1c(N(C)C(=O)OC(C)(C)C)c(-c2ccccc2F)c2cc(O)ccc2c1=O. The van der Waals surface area contributed by atoms with Crippen molar-refractivity contribution in [3.8, 4) is 16.9 Å². The van der Waals surface area contributed by atoms with Crippen molar-refractivity contribution < 1.29 is 19.0 Å². The summed E-state index contributed by atoms with van der Waals surface area (Å²) in [5.41, 5.74) is -0.547. The maximum atomic E-state index is 15.0. The van der Waals surface area contributed by atoms with Crippen molar-refractivity contribution in [3.05, 3.63) is 58.6 Å². The smallest absolute Gasteiger partial charge is 0.415 e. The number of ether oxygens (including phenoxy) is 1. The molecule has 0 fully saturated rings. The average molecular weight is 441 g/mol. The number of hydrogen-bond acceptors (Lipinski definition) is 4. The minimum absolute atomic E-state index is 0.0676. The summed E-state index contributed by atoms with van der Waals surface area (Å²) in [5.74, 6) is -0.296. The molecule has 6 nitrogen and oxygen atoms in total. The van der Waals surface area contributed by atoms with Crippen molar-refractivity contribution in [2.45, 2.75) is 46.8 Å². The second kappa shape index (κ2) is 8.65. The number of fused-ring (bicyclic) bond motifs is 1. The fourth-order valence-electron chi connectivity index (χ4n) is 3.65. The zero-order chi connectivity index (χ0) is 23.8. The molecule has 0 radical (unpaired) electrons. The first-order valence-electron chi connectivity index (χ1n) is 10.5. The van der Waals surface area contributed by atoms with Crippen LogP contribution in [0.2, 0.25) is 0 Å². The van der Waals surface area contributed by atoms with Crippen LogP contribution in [0.1, 0.15) is 34.6 Å². The highest BCUT2D eigenvalue weighted by molar-refractivity contribution is 6.05. The Bertz CT molecular complexity index is 1230. The second-order valence-corrected chi connectivity index (χ2v) is 9.26. The van der Waals surface area contributed by atoms with Gasteiger partial charge in [-0.25, -0.2) is 9.18 Å². The van der Waals surface area contributed by atoms with Crippen LogP contribution < -0.4 is 10.5 Å². The highest BCUT2D eigenvalue weighted by Crippen LogP contribution is 2.39. The van der Waals surface area contributed by atoms with Gasteiger partial charge in [0.05, 0.1) is 0 Å². The molecule has 170 valence electrons. The van der Waals surface area contributed by atoms with E-state index in [4.69, 9.17) is 4.74 Å². The van der Waals surface area contributed by atoms with E-state index < -0.39 is 17.5 Å². The number of rotatable bonds is 4. The third kappa shape index (κ3) is 4.61. The molecule has 0 saturated heterocycles. The molecule has 1 N–H and O–H groups in total. The number of hydrogen-bond donors (Lipinski definition) is 1. The van der Waals surface area contributed by atoms with Gasteiger partial charge in [-0.2, -0.15) is 0 Å². The number of carbonyl (C=O) groups is 1. The van der Waals surface area contributed by atoms with E-state index in [2.05, 4.69) is 0 Å². The van der Waals surface area contributed by atoms with Gasteiger partial charge in [-0.15, -0.1) is 0 Å². The van der Waals surface area contributed by atoms with Crippen LogP contribution in [0.25, 0.3) is 21.9 Å². The molecule has 1 amide bonds. The normalized spacial score (nSPS) is 11.8. The lowest BCUT2D eigenvalue weighted by molar-refractivity contribution is 0.0587. The van der Waals surface area contributed by atoms with Crippen LogP contribution in [0.5, 0.6) is 5.75 Å². The van der Waals surface area contributed by atoms with Crippen molar-refractivity contribution in [1.82, 2.24) is 4.57 Å². The topological polar surface area (TPSA) is 71.8 Å². The highest BCUT2D eigenvalue weighted by Gasteiger charge is 2.29. The van der Waals surface area contributed by atoms with Crippen molar-refractivity contribution in [2.24, 2.45) is 5.92 Å². The first-order valence-corrected chi connectivity index (χ1v) is 10.5. The molecule has 0 aliphatic rings. The van der Waals surface area contributed by atoms with E-state index in [0.29, 0.717) is 22.9 Å². The van der Waals surface area contributed by atoms with E-state index in [1.807, 2.05) is 13.8 Å². The maximum Gasteiger partial charge on any atom is 0.415 e. The molecule has 32 heavy (non-hydrogen) atoms. The number of phenolic OH excluding ortho intramolecular Hbond substituents is 1. The molecule has 0 aliphatic heterocycles. The van der Waals surface area contributed by atoms with Gasteiger partial charge in [-0.3, -0.25) is 14.3 Å². The molecular weight excluding hydrogens is 411 g/mol. The largest absolute Gasteiger partial charge is 0.508 e. The fraction of sp³-hybridized carbons (Fsp3) is 0.360. The standard InChI is InChI=1S/C25H29FN2O4/c1-15(2)14-28-22(27(6)24(31)32-25(3,4)5)21(18-9-7-8-10-20(18)26)19-13-16(29)11-12-17(19)23(28)30/h7-13,15,29H,14H2,1-6H3. The van der Waals surface area contributed by atoms with Crippen LogP contribution in [0.3, 0.4) is 0 Å². The van der Waals surface area contributed by atoms with Gasteiger partial charge in [0.15, 0.2) is 0 Å². The third-order valence-corrected chi connectivity index (χ3v) is 4.90. The van der Waals surface area contributed by atoms with E-state index in [1.165, 1.54) is 40.8 Å². The number of amides is 1. The molecule has 0 aliphatic carbocycles. The zero-order valence-corrected chi connectivity index (χ0v) is 19.3. The summed E-state index contributed by atoms with van der Waals surface area (Å²) in [6.45, 7) is 9.45. The van der Waals surface area contributed by atoms with Gasteiger partial charge in [0.25, 0.3) is 5.56 Å². The van der Waals surface area contributed by atoms with Crippen molar-refractivity contribution in [2.75, 3.05) is 11.9 Å². The average Bonchev–Trinajstić information content (AvgIpc) is 2.68. The summed E-state index contributed by atoms with van der Waals surface area (Å²) in [6, 6.07) is 10.5. The molecule has 3 rings (SSSR count). The second-order valence-electron chi connectivity index (χ2n) is 9.26. The Hall–Kier alpha value is -3.35. The van der Waals surface area contributed by atoms with E-state index in [9.17, 15) is 14.7 Å². The van der Waals surface area contributed by atoms with E-state index in [0.717, 1.165) is 0 Å². The molecule has 7 heteroatoms. The molecule has 0 unspecified atom stereocenters. The summed E-state index contributed by atoms with van der Waals surface area (Å²) >= 11 is 0. The van der Waals surface area contributed by atoms with Gasteiger partial charge in [0.2, 0.25) is 0 Å². The predicted octanol–water partition coefficient (Wildman–Crippen LogP) is 5.54. The molecule has 0 saturated carbocycles. The van der Waals surface area contributed by atoms with Gasteiger partial charge in [-0.1, -0.05) is 32.0 Å². The number of phenols is 1. The predicted molar refractivity (Wildman–Crippen MR) is 125 cm³/mol. The van der Waals surface area contributed by atoms with Crippen LogP contribution >= 0.6 is 0 Å². The van der Waals surface area contributed by atoms with E-state index in [1.54, 1.807) is 39.0 Å². The van der Waals surface area contributed by atoms with Gasteiger partial charge in [-0.05, 0) is 51.0 Å². The number of benzene rings is 2. The van der Waals surface area contributed by atoms with E-state index >= 15 is 4.39 Å². The van der Waals surface area contributed by atoms with Gasteiger partial charge < -0.3 is 9.84 Å². The molecule has 3 aromatic rings. The minimum Gasteiger partial charge on any atom is -0.508 e. The van der Waals surface area contributed by atoms with Gasteiger partial charge in [0.1, 0.15) is 23.0 Å².